The quantitative estimate of drug-likeness (QED) is 0.792. The van der Waals surface area contributed by atoms with E-state index in [-0.39, 0.29) is 6.04 Å². The number of methoxy groups -OCH3 is 3. The SMILES string of the molecule is CNC(CCC(C)C)c1c(OC)cc(OC)cc1OC. The van der Waals surface area contributed by atoms with Gasteiger partial charge in [0.05, 0.1) is 26.9 Å². The zero-order chi connectivity index (χ0) is 15.1. The predicted molar refractivity (Wildman–Crippen MR) is 82.0 cm³/mol. The maximum Gasteiger partial charge on any atom is 0.131 e. The van der Waals surface area contributed by atoms with Crippen molar-refractivity contribution in [3.05, 3.63) is 17.7 Å². The molecule has 0 aromatic heterocycles. The fourth-order valence-electron chi connectivity index (χ4n) is 2.31. The summed E-state index contributed by atoms with van der Waals surface area (Å²) in [6.45, 7) is 4.46. The van der Waals surface area contributed by atoms with Crippen LogP contribution in [0.2, 0.25) is 0 Å². The number of rotatable bonds is 8. The van der Waals surface area contributed by atoms with Gasteiger partial charge < -0.3 is 19.5 Å². The summed E-state index contributed by atoms with van der Waals surface area (Å²) in [6, 6.07) is 4.00. The van der Waals surface area contributed by atoms with Crippen molar-refractivity contribution in [1.82, 2.24) is 5.32 Å². The molecule has 0 aliphatic rings. The molecule has 1 rings (SSSR count). The minimum atomic E-state index is 0.202. The van der Waals surface area contributed by atoms with E-state index >= 15 is 0 Å². The molecule has 0 radical (unpaired) electrons. The highest BCUT2D eigenvalue weighted by molar-refractivity contribution is 5.52. The van der Waals surface area contributed by atoms with Gasteiger partial charge in [0.15, 0.2) is 0 Å². The largest absolute Gasteiger partial charge is 0.496 e. The maximum atomic E-state index is 5.52. The van der Waals surface area contributed by atoms with Crippen LogP contribution in [-0.2, 0) is 0 Å². The van der Waals surface area contributed by atoms with Crippen molar-refractivity contribution < 1.29 is 14.2 Å². The normalized spacial score (nSPS) is 12.3. The van der Waals surface area contributed by atoms with E-state index in [0.717, 1.165) is 35.7 Å². The summed E-state index contributed by atoms with van der Waals surface area (Å²) in [4.78, 5) is 0. The van der Waals surface area contributed by atoms with Gasteiger partial charge in [-0.3, -0.25) is 0 Å². The molecule has 0 fully saturated rings. The summed E-state index contributed by atoms with van der Waals surface area (Å²) in [6.07, 6.45) is 2.18. The van der Waals surface area contributed by atoms with Crippen molar-refractivity contribution >= 4 is 0 Å². The molecule has 0 aliphatic heterocycles. The van der Waals surface area contributed by atoms with E-state index in [2.05, 4.69) is 19.2 Å². The van der Waals surface area contributed by atoms with Gasteiger partial charge in [0.25, 0.3) is 0 Å². The summed E-state index contributed by atoms with van der Waals surface area (Å²) in [5.41, 5.74) is 1.05. The molecule has 4 nitrogen and oxygen atoms in total. The third-order valence-corrected chi connectivity index (χ3v) is 3.48. The Morgan fingerprint density at radius 1 is 0.950 bits per heavy atom. The Bertz CT molecular complexity index is 393. The van der Waals surface area contributed by atoms with Gasteiger partial charge in [-0.1, -0.05) is 13.8 Å². The summed E-state index contributed by atoms with van der Waals surface area (Å²) < 4.78 is 16.3. The molecule has 0 aliphatic carbocycles. The first-order valence-corrected chi connectivity index (χ1v) is 7.04. The zero-order valence-electron chi connectivity index (χ0n) is 13.4. The van der Waals surface area contributed by atoms with Gasteiger partial charge in [0.2, 0.25) is 0 Å². The van der Waals surface area contributed by atoms with Crippen LogP contribution in [0.5, 0.6) is 17.2 Å². The second-order valence-corrected chi connectivity index (χ2v) is 5.26. The highest BCUT2D eigenvalue weighted by Crippen LogP contribution is 2.39. The van der Waals surface area contributed by atoms with Gasteiger partial charge in [-0.25, -0.2) is 0 Å². The Hall–Kier alpha value is -1.42. The molecule has 0 amide bonds. The number of benzene rings is 1. The smallest absolute Gasteiger partial charge is 0.131 e. The van der Waals surface area contributed by atoms with Gasteiger partial charge in [-0.2, -0.15) is 0 Å². The molecular weight excluding hydrogens is 254 g/mol. The third kappa shape index (κ3) is 4.04. The van der Waals surface area contributed by atoms with Crippen LogP contribution in [0, 0.1) is 5.92 Å². The molecule has 0 heterocycles. The van der Waals surface area contributed by atoms with Crippen LogP contribution in [0.4, 0.5) is 0 Å². The van der Waals surface area contributed by atoms with Crippen LogP contribution in [0.25, 0.3) is 0 Å². The lowest BCUT2D eigenvalue weighted by Crippen LogP contribution is -2.19. The van der Waals surface area contributed by atoms with Crippen molar-refractivity contribution in [2.24, 2.45) is 5.92 Å². The standard InChI is InChI=1S/C16H27NO3/c1-11(2)7-8-13(17-3)16-14(19-5)9-12(18-4)10-15(16)20-6/h9-11,13,17H,7-8H2,1-6H3. The van der Waals surface area contributed by atoms with Crippen LogP contribution < -0.4 is 19.5 Å². The van der Waals surface area contributed by atoms with Crippen LogP contribution in [-0.4, -0.2) is 28.4 Å². The summed E-state index contributed by atoms with van der Waals surface area (Å²) in [7, 11) is 6.95. The predicted octanol–water partition coefficient (Wildman–Crippen LogP) is 3.41. The summed E-state index contributed by atoms with van der Waals surface area (Å²) >= 11 is 0. The van der Waals surface area contributed by atoms with Crippen molar-refractivity contribution in [2.75, 3.05) is 28.4 Å². The molecule has 1 aromatic rings. The fraction of sp³-hybridized carbons (Fsp3) is 0.625. The van der Waals surface area contributed by atoms with Gasteiger partial charge >= 0.3 is 0 Å². The zero-order valence-corrected chi connectivity index (χ0v) is 13.4. The summed E-state index contributed by atoms with van der Waals surface area (Å²) in [5, 5.41) is 3.36. The molecule has 0 saturated heterocycles. The van der Waals surface area contributed by atoms with Crippen LogP contribution >= 0.6 is 0 Å². The number of hydrogen-bond acceptors (Lipinski definition) is 4. The highest BCUT2D eigenvalue weighted by Gasteiger charge is 2.21. The molecule has 4 heteroatoms. The van der Waals surface area contributed by atoms with E-state index in [4.69, 9.17) is 14.2 Å². The first-order valence-electron chi connectivity index (χ1n) is 7.04. The lowest BCUT2D eigenvalue weighted by Gasteiger charge is -2.23. The second kappa shape index (κ2) is 8.00. The van der Waals surface area contributed by atoms with E-state index < -0.39 is 0 Å². The Kier molecular flexibility index (Phi) is 6.65. The topological polar surface area (TPSA) is 39.7 Å². The van der Waals surface area contributed by atoms with Gasteiger partial charge in [-0.05, 0) is 25.8 Å². The maximum absolute atomic E-state index is 5.52. The first-order chi connectivity index (χ1) is 9.57. The van der Waals surface area contributed by atoms with Crippen molar-refractivity contribution in [1.29, 1.82) is 0 Å². The van der Waals surface area contributed by atoms with E-state index in [0.29, 0.717) is 5.92 Å². The highest BCUT2D eigenvalue weighted by atomic mass is 16.5. The Labute approximate surface area is 122 Å². The Morgan fingerprint density at radius 2 is 1.50 bits per heavy atom. The molecular formula is C16H27NO3. The van der Waals surface area contributed by atoms with Crippen molar-refractivity contribution in [3.63, 3.8) is 0 Å². The number of hydrogen-bond donors (Lipinski definition) is 1. The number of nitrogens with one attached hydrogen (secondary N) is 1. The van der Waals surface area contributed by atoms with E-state index in [1.165, 1.54) is 0 Å². The van der Waals surface area contributed by atoms with Crippen molar-refractivity contribution in [2.45, 2.75) is 32.7 Å². The Balaban J connectivity index is 3.17. The molecule has 0 saturated carbocycles. The van der Waals surface area contributed by atoms with Crippen LogP contribution in [0.3, 0.4) is 0 Å². The summed E-state index contributed by atoms with van der Waals surface area (Å²) in [5.74, 6) is 3.00. The van der Waals surface area contributed by atoms with E-state index in [1.807, 2.05) is 19.2 Å². The van der Waals surface area contributed by atoms with Gasteiger partial charge in [-0.15, -0.1) is 0 Å². The minimum absolute atomic E-state index is 0.202. The minimum Gasteiger partial charge on any atom is -0.496 e. The fourth-order valence-corrected chi connectivity index (χ4v) is 2.31. The monoisotopic (exact) mass is 281 g/mol. The van der Waals surface area contributed by atoms with E-state index in [1.54, 1.807) is 21.3 Å². The van der Waals surface area contributed by atoms with Crippen molar-refractivity contribution in [3.8, 4) is 17.2 Å². The molecule has 0 bridgehead atoms. The van der Waals surface area contributed by atoms with Crippen LogP contribution in [0.15, 0.2) is 12.1 Å². The van der Waals surface area contributed by atoms with Gasteiger partial charge in [0, 0.05) is 18.2 Å². The molecule has 0 spiro atoms. The Morgan fingerprint density at radius 3 is 1.85 bits per heavy atom. The molecule has 1 atom stereocenters. The molecule has 1 unspecified atom stereocenters. The van der Waals surface area contributed by atoms with E-state index in [9.17, 15) is 0 Å². The average molecular weight is 281 g/mol. The lowest BCUT2D eigenvalue weighted by molar-refractivity contribution is 0.353. The molecule has 114 valence electrons. The number of ether oxygens (including phenoxy) is 3. The third-order valence-electron chi connectivity index (χ3n) is 3.48. The van der Waals surface area contributed by atoms with Gasteiger partial charge in [0.1, 0.15) is 17.2 Å². The second-order valence-electron chi connectivity index (χ2n) is 5.26. The van der Waals surface area contributed by atoms with Crippen LogP contribution in [0.1, 0.15) is 38.3 Å². The first kappa shape index (κ1) is 16.6. The lowest BCUT2D eigenvalue weighted by atomic mass is 9.96. The molecule has 20 heavy (non-hydrogen) atoms. The molecule has 1 N–H and O–H groups in total. The average Bonchev–Trinajstić information content (AvgIpc) is 2.46. The molecule has 1 aromatic carbocycles.